The van der Waals surface area contributed by atoms with E-state index in [1.54, 1.807) is 24.3 Å². The summed E-state index contributed by atoms with van der Waals surface area (Å²) in [6, 6.07) is 6.99. The van der Waals surface area contributed by atoms with Crippen LogP contribution >= 0.6 is 0 Å². The Balaban J connectivity index is 1.55. The molecular formula is C16H21N3O2. The van der Waals surface area contributed by atoms with Crippen LogP contribution < -0.4 is 11.1 Å². The third-order valence-electron chi connectivity index (χ3n) is 4.90. The first-order chi connectivity index (χ1) is 10.2. The van der Waals surface area contributed by atoms with Gasteiger partial charge in [-0.2, -0.15) is 0 Å². The van der Waals surface area contributed by atoms with Crippen LogP contribution in [0.4, 0.5) is 5.69 Å². The fourth-order valence-corrected chi connectivity index (χ4v) is 3.86. The standard InChI is InChI=1S/C16H21N3O2/c17-16(19-21)11-3-5-14(6-4-11)18-15(20)9-13-8-10-1-2-12(13)7-10/h3-6,10,12-13,21H,1-2,7-9H2,(H2,17,19)(H,18,20). The number of rotatable bonds is 4. The van der Waals surface area contributed by atoms with Gasteiger partial charge in [0, 0.05) is 17.7 Å². The number of hydrogen-bond acceptors (Lipinski definition) is 3. The summed E-state index contributed by atoms with van der Waals surface area (Å²) < 4.78 is 0. The molecule has 0 radical (unpaired) electrons. The van der Waals surface area contributed by atoms with Crippen molar-refractivity contribution in [3.8, 4) is 0 Å². The summed E-state index contributed by atoms with van der Waals surface area (Å²) in [5.41, 5.74) is 6.88. The van der Waals surface area contributed by atoms with Crippen molar-refractivity contribution in [2.75, 3.05) is 5.32 Å². The van der Waals surface area contributed by atoms with E-state index in [9.17, 15) is 4.79 Å². The summed E-state index contributed by atoms with van der Waals surface area (Å²) in [6.07, 6.45) is 5.84. The molecule has 3 rings (SSSR count). The topological polar surface area (TPSA) is 87.7 Å². The Hall–Kier alpha value is -2.04. The molecule has 3 unspecified atom stereocenters. The van der Waals surface area contributed by atoms with Gasteiger partial charge in [-0.25, -0.2) is 0 Å². The summed E-state index contributed by atoms with van der Waals surface area (Å²) in [4.78, 5) is 12.1. The van der Waals surface area contributed by atoms with Gasteiger partial charge in [-0.05, 0) is 61.3 Å². The lowest BCUT2D eigenvalue weighted by Gasteiger charge is -2.20. The Morgan fingerprint density at radius 2 is 2.05 bits per heavy atom. The number of carbonyl (C=O) groups excluding carboxylic acids is 1. The third kappa shape index (κ3) is 3.01. The first-order valence-electron chi connectivity index (χ1n) is 7.53. The zero-order valence-electron chi connectivity index (χ0n) is 12.0. The molecule has 0 heterocycles. The molecule has 3 atom stereocenters. The smallest absolute Gasteiger partial charge is 0.224 e. The van der Waals surface area contributed by atoms with E-state index in [-0.39, 0.29) is 11.7 Å². The Labute approximate surface area is 124 Å². The zero-order valence-corrected chi connectivity index (χ0v) is 12.0. The number of nitrogens with two attached hydrogens (primary N) is 1. The van der Waals surface area contributed by atoms with Crippen LogP contribution in [0.15, 0.2) is 29.4 Å². The maximum atomic E-state index is 12.1. The summed E-state index contributed by atoms with van der Waals surface area (Å²) in [5.74, 6) is 2.36. The zero-order chi connectivity index (χ0) is 14.8. The molecule has 1 aromatic carbocycles. The molecule has 0 spiro atoms. The van der Waals surface area contributed by atoms with Gasteiger partial charge in [0.2, 0.25) is 5.91 Å². The van der Waals surface area contributed by atoms with Crippen molar-refractivity contribution in [1.29, 1.82) is 0 Å². The van der Waals surface area contributed by atoms with Crippen LogP contribution in [-0.4, -0.2) is 17.0 Å². The molecule has 0 aromatic heterocycles. The second-order valence-corrected chi connectivity index (χ2v) is 6.25. The van der Waals surface area contributed by atoms with Crippen molar-refractivity contribution < 1.29 is 10.0 Å². The first kappa shape index (κ1) is 13.9. The molecule has 1 amide bonds. The van der Waals surface area contributed by atoms with Crippen LogP contribution in [0.3, 0.4) is 0 Å². The van der Waals surface area contributed by atoms with Gasteiger partial charge in [-0.3, -0.25) is 4.79 Å². The summed E-state index contributed by atoms with van der Waals surface area (Å²) >= 11 is 0. The monoisotopic (exact) mass is 287 g/mol. The van der Waals surface area contributed by atoms with Crippen molar-refractivity contribution in [3.63, 3.8) is 0 Å². The minimum atomic E-state index is 0.0647. The number of amidine groups is 1. The molecule has 0 saturated heterocycles. The molecule has 4 N–H and O–H groups in total. The van der Waals surface area contributed by atoms with E-state index in [2.05, 4.69) is 10.5 Å². The van der Waals surface area contributed by atoms with Gasteiger partial charge in [0.15, 0.2) is 5.84 Å². The van der Waals surface area contributed by atoms with E-state index in [1.165, 1.54) is 25.7 Å². The molecular weight excluding hydrogens is 266 g/mol. The van der Waals surface area contributed by atoms with E-state index in [0.29, 0.717) is 17.9 Å². The molecule has 5 nitrogen and oxygen atoms in total. The Morgan fingerprint density at radius 3 is 2.62 bits per heavy atom. The summed E-state index contributed by atoms with van der Waals surface area (Å²) in [6.45, 7) is 0. The van der Waals surface area contributed by atoms with Gasteiger partial charge < -0.3 is 16.3 Å². The molecule has 21 heavy (non-hydrogen) atoms. The van der Waals surface area contributed by atoms with Crippen molar-refractivity contribution in [1.82, 2.24) is 0 Å². The van der Waals surface area contributed by atoms with Crippen LogP contribution in [0.2, 0.25) is 0 Å². The molecule has 2 saturated carbocycles. The van der Waals surface area contributed by atoms with Gasteiger partial charge in [0.05, 0.1) is 0 Å². The van der Waals surface area contributed by atoms with E-state index < -0.39 is 0 Å². The van der Waals surface area contributed by atoms with Crippen molar-refractivity contribution in [2.24, 2.45) is 28.6 Å². The fraction of sp³-hybridized carbons (Fsp3) is 0.500. The number of anilines is 1. The van der Waals surface area contributed by atoms with Crippen LogP contribution in [0.5, 0.6) is 0 Å². The highest BCUT2D eigenvalue weighted by molar-refractivity contribution is 5.98. The summed E-state index contributed by atoms with van der Waals surface area (Å²) in [5, 5.41) is 14.5. The predicted octanol–water partition coefficient (Wildman–Crippen LogP) is 2.55. The number of nitrogens with zero attached hydrogens (tertiary/aromatic N) is 1. The van der Waals surface area contributed by atoms with E-state index in [1.807, 2.05) is 0 Å². The van der Waals surface area contributed by atoms with Crippen LogP contribution in [0, 0.1) is 17.8 Å². The van der Waals surface area contributed by atoms with E-state index in [0.717, 1.165) is 17.5 Å². The number of fused-ring (bicyclic) bond motifs is 2. The van der Waals surface area contributed by atoms with Gasteiger partial charge in [0.25, 0.3) is 0 Å². The Bertz CT molecular complexity index is 553. The lowest BCUT2D eigenvalue weighted by molar-refractivity contribution is -0.117. The molecule has 2 aliphatic carbocycles. The quantitative estimate of drug-likeness (QED) is 0.344. The SMILES string of the molecule is N/C(=N/O)c1ccc(NC(=O)CC2CC3CCC2C3)cc1. The Morgan fingerprint density at radius 1 is 1.29 bits per heavy atom. The maximum absolute atomic E-state index is 12.1. The normalized spacial score (nSPS) is 27.8. The number of nitrogens with one attached hydrogen (secondary N) is 1. The third-order valence-corrected chi connectivity index (χ3v) is 4.90. The minimum Gasteiger partial charge on any atom is -0.409 e. The van der Waals surface area contributed by atoms with E-state index in [4.69, 9.17) is 10.9 Å². The molecule has 2 bridgehead atoms. The second-order valence-electron chi connectivity index (χ2n) is 6.25. The molecule has 112 valence electrons. The average molecular weight is 287 g/mol. The van der Waals surface area contributed by atoms with Crippen LogP contribution in [0.1, 0.15) is 37.7 Å². The number of hydrogen-bond donors (Lipinski definition) is 3. The molecule has 2 fully saturated rings. The highest BCUT2D eigenvalue weighted by atomic mass is 16.4. The molecule has 5 heteroatoms. The molecule has 0 aliphatic heterocycles. The van der Waals surface area contributed by atoms with Gasteiger partial charge in [0.1, 0.15) is 0 Å². The molecule has 2 aliphatic rings. The van der Waals surface area contributed by atoms with Gasteiger partial charge >= 0.3 is 0 Å². The number of amides is 1. The van der Waals surface area contributed by atoms with Crippen LogP contribution in [-0.2, 0) is 4.79 Å². The highest BCUT2D eigenvalue weighted by Gasteiger charge is 2.40. The van der Waals surface area contributed by atoms with Crippen molar-refractivity contribution in [2.45, 2.75) is 32.1 Å². The average Bonchev–Trinajstić information content (AvgIpc) is 3.09. The van der Waals surface area contributed by atoms with Gasteiger partial charge in [-0.15, -0.1) is 0 Å². The molecule has 1 aromatic rings. The lowest BCUT2D eigenvalue weighted by Crippen LogP contribution is -2.20. The van der Waals surface area contributed by atoms with Crippen molar-refractivity contribution in [3.05, 3.63) is 29.8 Å². The second kappa shape index (κ2) is 5.76. The number of carbonyl (C=O) groups is 1. The minimum absolute atomic E-state index is 0.0647. The maximum Gasteiger partial charge on any atom is 0.224 e. The highest BCUT2D eigenvalue weighted by Crippen LogP contribution is 2.49. The summed E-state index contributed by atoms with van der Waals surface area (Å²) in [7, 11) is 0. The fourth-order valence-electron chi connectivity index (χ4n) is 3.86. The number of oxime groups is 1. The van der Waals surface area contributed by atoms with Gasteiger partial charge in [-0.1, -0.05) is 11.6 Å². The van der Waals surface area contributed by atoms with Crippen LogP contribution in [0.25, 0.3) is 0 Å². The lowest BCUT2D eigenvalue weighted by atomic mass is 9.86. The largest absolute Gasteiger partial charge is 0.409 e. The first-order valence-corrected chi connectivity index (χ1v) is 7.53. The van der Waals surface area contributed by atoms with E-state index >= 15 is 0 Å². The predicted molar refractivity (Wildman–Crippen MR) is 81.1 cm³/mol. The number of benzene rings is 1. The van der Waals surface area contributed by atoms with Crippen molar-refractivity contribution >= 4 is 17.4 Å². The Kier molecular flexibility index (Phi) is 3.82.